The van der Waals surface area contributed by atoms with E-state index < -0.39 is 0 Å². The van der Waals surface area contributed by atoms with Gasteiger partial charge >= 0.3 is 0 Å². The summed E-state index contributed by atoms with van der Waals surface area (Å²) in [4.78, 5) is 22.0. The SMILES string of the molecule is CCC1CCCCN1CCCNC(=O)C1CCN(Cc2nc(-c3ccc(Cl)cc3)no2)CC1. The van der Waals surface area contributed by atoms with E-state index in [1.165, 1.54) is 32.2 Å². The maximum absolute atomic E-state index is 12.6. The largest absolute Gasteiger partial charge is 0.356 e. The molecule has 1 aromatic heterocycles. The number of likely N-dealkylation sites (tertiary alicyclic amines) is 2. The maximum Gasteiger partial charge on any atom is 0.241 e. The monoisotopic (exact) mass is 473 g/mol. The molecule has 0 spiro atoms. The van der Waals surface area contributed by atoms with Gasteiger partial charge in [0.1, 0.15) is 0 Å². The molecule has 1 atom stereocenters. The summed E-state index contributed by atoms with van der Waals surface area (Å²) in [5.74, 6) is 1.49. The van der Waals surface area contributed by atoms with Crippen LogP contribution in [0.2, 0.25) is 5.02 Å². The van der Waals surface area contributed by atoms with Crippen molar-refractivity contribution in [3.63, 3.8) is 0 Å². The Bertz CT molecular complexity index is 879. The zero-order valence-electron chi connectivity index (χ0n) is 19.6. The van der Waals surface area contributed by atoms with Crippen molar-refractivity contribution in [2.45, 2.75) is 64.5 Å². The molecule has 2 aromatic rings. The number of halogens is 1. The first kappa shape index (κ1) is 24.2. The first-order valence-corrected chi connectivity index (χ1v) is 12.8. The highest BCUT2D eigenvalue weighted by atomic mass is 35.5. The molecule has 180 valence electrons. The molecule has 0 radical (unpaired) electrons. The molecule has 2 saturated heterocycles. The average Bonchev–Trinajstić information content (AvgIpc) is 3.31. The van der Waals surface area contributed by atoms with Crippen molar-refractivity contribution in [2.75, 3.05) is 32.7 Å². The first-order chi connectivity index (χ1) is 16.1. The molecule has 3 heterocycles. The predicted octanol–water partition coefficient (Wildman–Crippen LogP) is 4.37. The molecule has 1 amide bonds. The van der Waals surface area contributed by atoms with Crippen LogP contribution >= 0.6 is 11.6 Å². The van der Waals surface area contributed by atoms with Crippen LogP contribution in [0.5, 0.6) is 0 Å². The van der Waals surface area contributed by atoms with Gasteiger partial charge in [0, 0.05) is 35.6 Å². The fourth-order valence-electron chi connectivity index (χ4n) is 5.03. The van der Waals surface area contributed by atoms with Gasteiger partial charge in [0.05, 0.1) is 6.54 Å². The Hall–Kier alpha value is -1.96. The van der Waals surface area contributed by atoms with Crippen molar-refractivity contribution < 1.29 is 9.32 Å². The van der Waals surface area contributed by atoms with E-state index in [4.69, 9.17) is 16.1 Å². The second-order valence-electron chi connectivity index (χ2n) is 9.31. The van der Waals surface area contributed by atoms with E-state index in [0.29, 0.717) is 23.3 Å². The number of hydrogen-bond donors (Lipinski definition) is 1. The van der Waals surface area contributed by atoms with Crippen LogP contribution in [-0.2, 0) is 11.3 Å². The fraction of sp³-hybridized carbons (Fsp3) is 0.640. The molecule has 4 rings (SSSR count). The summed E-state index contributed by atoms with van der Waals surface area (Å²) in [6.07, 6.45) is 8.01. The van der Waals surface area contributed by atoms with Crippen LogP contribution in [0.15, 0.2) is 28.8 Å². The Morgan fingerprint density at radius 3 is 2.70 bits per heavy atom. The summed E-state index contributed by atoms with van der Waals surface area (Å²) in [6, 6.07) is 8.14. The summed E-state index contributed by atoms with van der Waals surface area (Å²) in [5, 5.41) is 7.95. The van der Waals surface area contributed by atoms with Crippen molar-refractivity contribution in [3.8, 4) is 11.4 Å². The van der Waals surface area contributed by atoms with Gasteiger partial charge in [-0.1, -0.05) is 30.1 Å². The Balaban J connectivity index is 1.15. The highest BCUT2D eigenvalue weighted by Gasteiger charge is 2.26. The van der Waals surface area contributed by atoms with E-state index in [1.54, 1.807) is 0 Å². The summed E-state index contributed by atoms with van der Waals surface area (Å²) < 4.78 is 5.44. The van der Waals surface area contributed by atoms with Crippen molar-refractivity contribution in [3.05, 3.63) is 35.2 Å². The minimum Gasteiger partial charge on any atom is -0.356 e. The molecular formula is C25H36ClN5O2. The molecule has 2 aliphatic heterocycles. The summed E-state index contributed by atoms with van der Waals surface area (Å²) >= 11 is 5.94. The van der Waals surface area contributed by atoms with E-state index in [-0.39, 0.29) is 11.8 Å². The summed E-state index contributed by atoms with van der Waals surface area (Å²) in [7, 11) is 0. The molecule has 1 unspecified atom stereocenters. The van der Waals surface area contributed by atoms with Gasteiger partial charge in [0.2, 0.25) is 17.6 Å². The van der Waals surface area contributed by atoms with Gasteiger partial charge < -0.3 is 14.7 Å². The molecule has 0 aliphatic carbocycles. The van der Waals surface area contributed by atoms with Gasteiger partial charge in [-0.05, 0) is 82.4 Å². The average molecular weight is 474 g/mol. The Morgan fingerprint density at radius 2 is 1.94 bits per heavy atom. The molecule has 2 aliphatic rings. The summed E-state index contributed by atoms with van der Waals surface area (Å²) in [5.41, 5.74) is 0.885. The smallest absolute Gasteiger partial charge is 0.241 e. The minimum absolute atomic E-state index is 0.104. The summed E-state index contributed by atoms with van der Waals surface area (Å²) in [6.45, 7) is 7.72. The number of carbonyl (C=O) groups is 1. The molecular weight excluding hydrogens is 438 g/mol. The number of aromatic nitrogens is 2. The van der Waals surface area contributed by atoms with Gasteiger partial charge in [-0.25, -0.2) is 0 Å². The van der Waals surface area contributed by atoms with Crippen LogP contribution < -0.4 is 5.32 Å². The maximum atomic E-state index is 12.6. The van der Waals surface area contributed by atoms with Crippen molar-refractivity contribution in [1.29, 1.82) is 0 Å². The minimum atomic E-state index is 0.104. The number of amides is 1. The van der Waals surface area contributed by atoms with Gasteiger partial charge in [-0.15, -0.1) is 0 Å². The first-order valence-electron chi connectivity index (χ1n) is 12.4. The fourth-order valence-corrected chi connectivity index (χ4v) is 5.16. The Morgan fingerprint density at radius 1 is 1.15 bits per heavy atom. The lowest BCUT2D eigenvalue weighted by Crippen LogP contribution is -2.42. The zero-order chi connectivity index (χ0) is 23.0. The van der Waals surface area contributed by atoms with Gasteiger partial charge in [-0.3, -0.25) is 9.69 Å². The predicted molar refractivity (Wildman–Crippen MR) is 130 cm³/mol. The molecule has 33 heavy (non-hydrogen) atoms. The number of benzene rings is 1. The Kier molecular flexibility index (Phi) is 8.75. The van der Waals surface area contributed by atoms with E-state index in [2.05, 4.69) is 32.2 Å². The lowest BCUT2D eigenvalue weighted by atomic mass is 9.96. The van der Waals surface area contributed by atoms with Crippen LogP contribution in [0.4, 0.5) is 0 Å². The van der Waals surface area contributed by atoms with Crippen LogP contribution in [0, 0.1) is 5.92 Å². The zero-order valence-corrected chi connectivity index (χ0v) is 20.4. The molecule has 1 aromatic carbocycles. The van der Waals surface area contributed by atoms with E-state index >= 15 is 0 Å². The topological polar surface area (TPSA) is 74.5 Å². The number of hydrogen-bond acceptors (Lipinski definition) is 6. The molecule has 8 heteroatoms. The van der Waals surface area contributed by atoms with Crippen molar-refractivity contribution in [2.24, 2.45) is 5.92 Å². The highest BCUT2D eigenvalue weighted by molar-refractivity contribution is 6.30. The number of carbonyl (C=O) groups excluding carboxylic acids is 1. The van der Waals surface area contributed by atoms with E-state index in [1.807, 2.05) is 24.3 Å². The van der Waals surface area contributed by atoms with Gasteiger partial charge in [0.25, 0.3) is 0 Å². The van der Waals surface area contributed by atoms with Crippen LogP contribution in [0.1, 0.15) is 57.8 Å². The number of rotatable bonds is 9. The van der Waals surface area contributed by atoms with Gasteiger partial charge in [-0.2, -0.15) is 4.98 Å². The third-order valence-electron chi connectivity index (χ3n) is 7.03. The van der Waals surface area contributed by atoms with E-state index in [9.17, 15) is 4.79 Å². The van der Waals surface area contributed by atoms with Crippen LogP contribution in [-0.4, -0.2) is 64.6 Å². The third-order valence-corrected chi connectivity index (χ3v) is 7.28. The normalized spacial score (nSPS) is 20.7. The molecule has 7 nitrogen and oxygen atoms in total. The second-order valence-corrected chi connectivity index (χ2v) is 9.74. The number of nitrogens with one attached hydrogen (secondary N) is 1. The van der Waals surface area contributed by atoms with Gasteiger partial charge in [0.15, 0.2) is 0 Å². The van der Waals surface area contributed by atoms with Crippen molar-refractivity contribution >= 4 is 17.5 Å². The standard InChI is InChI=1S/C25H36ClN5O2/c1-2-22-6-3-4-14-31(22)15-5-13-27-25(32)20-11-16-30(17-12-20)18-23-28-24(29-33-23)19-7-9-21(26)10-8-19/h7-10,20,22H,2-6,11-18H2,1H3,(H,27,32). The lowest BCUT2D eigenvalue weighted by Gasteiger charge is -2.35. The number of nitrogens with zero attached hydrogens (tertiary/aromatic N) is 4. The quantitative estimate of drug-likeness (QED) is 0.545. The highest BCUT2D eigenvalue weighted by Crippen LogP contribution is 2.22. The van der Waals surface area contributed by atoms with Crippen LogP contribution in [0.25, 0.3) is 11.4 Å². The van der Waals surface area contributed by atoms with Crippen LogP contribution in [0.3, 0.4) is 0 Å². The molecule has 1 N–H and O–H groups in total. The second kappa shape index (κ2) is 12.0. The van der Waals surface area contributed by atoms with Crippen molar-refractivity contribution in [1.82, 2.24) is 25.3 Å². The van der Waals surface area contributed by atoms with E-state index in [0.717, 1.165) is 57.0 Å². The lowest BCUT2D eigenvalue weighted by molar-refractivity contribution is -0.126. The molecule has 0 bridgehead atoms. The molecule has 2 fully saturated rings. The Labute approximate surface area is 201 Å². The molecule has 0 saturated carbocycles. The third kappa shape index (κ3) is 6.78. The number of piperidine rings is 2.